The molecule has 0 heterocycles. The molecule has 20 heavy (non-hydrogen) atoms. The second kappa shape index (κ2) is 6.98. The molecule has 0 radical (unpaired) electrons. The van der Waals surface area contributed by atoms with E-state index in [-0.39, 0.29) is 5.54 Å². The molecule has 0 bridgehead atoms. The molecule has 3 heteroatoms. The molecule has 1 aliphatic rings. The Balaban J connectivity index is 2.28. The van der Waals surface area contributed by atoms with Gasteiger partial charge >= 0.3 is 0 Å². The molecule has 0 saturated heterocycles. The summed E-state index contributed by atoms with van der Waals surface area (Å²) in [6, 6.07) is 6.20. The second-order valence-electron chi connectivity index (χ2n) is 5.60. The van der Waals surface area contributed by atoms with Crippen LogP contribution in [0.5, 0.6) is 11.5 Å². The van der Waals surface area contributed by atoms with Gasteiger partial charge in [-0.2, -0.15) is 0 Å². The summed E-state index contributed by atoms with van der Waals surface area (Å²) in [6.45, 7) is 5.26. The van der Waals surface area contributed by atoms with Crippen molar-refractivity contribution in [2.45, 2.75) is 57.9 Å². The van der Waals surface area contributed by atoms with Gasteiger partial charge in [0, 0.05) is 5.54 Å². The Morgan fingerprint density at radius 2 is 1.55 bits per heavy atom. The van der Waals surface area contributed by atoms with E-state index in [0.717, 1.165) is 24.3 Å². The molecule has 1 aromatic rings. The van der Waals surface area contributed by atoms with E-state index in [2.05, 4.69) is 12.1 Å². The minimum Gasteiger partial charge on any atom is -0.490 e. The molecular formula is C17H27NO2. The first-order chi connectivity index (χ1) is 9.69. The maximum atomic E-state index is 6.67. The molecule has 0 unspecified atom stereocenters. The number of ether oxygens (including phenoxy) is 2. The van der Waals surface area contributed by atoms with Gasteiger partial charge in [0.2, 0.25) is 0 Å². The van der Waals surface area contributed by atoms with Gasteiger partial charge in [0.25, 0.3) is 0 Å². The van der Waals surface area contributed by atoms with E-state index in [1.165, 1.54) is 31.2 Å². The maximum absolute atomic E-state index is 6.67. The van der Waals surface area contributed by atoms with Gasteiger partial charge in [0.1, 0.15) is 0 Å². The summed E-state index contributed by atoms with van der Waals surface area (Å²) in [4.78, 5) is 0. The molecule has 0 aromatic heterocycles. The third-order valence-electron chi connectivity index (χ3n) is 4.11. The zero-order valence-corrected chi connectivity index (χ0v) is 12.8. The largest absolute Gasteiger partial charge is 0.490 e. The molecule has 0 atom stereocenters. The molecular weight excluding hydrogens is 250 g/mol. The molecule has 0 amide bonds. The molecule has 2 N–H and O–H groups in total. The lowest BCUT2D eigenvalue weighted by Crippen LogP contribution is -2.36. The zero-order chi connectivity index (χ0) is 14.4. The van der Waals surface area contributed by atoms with E-state index in [9.17, 15) is 0 Å². The molecule has 1 fully saturated rings. The predicted molar refractivity (Wildman–Crippen MR) is 82.3 cm³/mol. The highest BCUT2D eigenvalue weighted by molar-refractivity contribution is 5.45. The summed E-state index contributed by atoms with van der Waals surface area (Å²) >= 11 is 0. The van der Waals surface area contributed by atoms with Crippen molar-refractivity contribution in [1.29, 1.82) is 0 Å². The van der Waals surface area contributed by atoms with Crippen LogP contribution in [-0.2, 0) is 5.54 Å². The summed E-state index contributed by atoms with van der Waals surface area (Å²) in [5, 5.41) is 0. The Bertz CT molecular complexity index is 423. The maximum Gasteiger partial charge on any atom is 0.161 e. The van der Waals surface area contributed by atoms with Crippen LogP contribution in [0.1, 0.15) is 57.9 Å². The topological polar surface area (TPSA) is 44.5 Å². The van der Waals surface area contributed by atoms with Gasteiger partial charge in [-0.05, 0) is 44.4 Å². The van der Waals surface area contributed by atoms with Gasteiger partial charge in [-0.1, -0.05) is 31.7 Å². The van der Waals surface area contributed by atoms with Crippen molar-refractivity contribution < 1.29 is 9.47 Å². The highest BCUT2D eigenvalue weighted by Gasteiger charge is 2.29. The van der Waals surface area contributed by atoms with E-state index < -0.39 is 0 Å². The summed E-state index contributed by atoms with van der Waals surface area (Å²) < 4.78 is 11.3. The first-order valence-corrected chi connectivity index (χ1v) is 7.88. The summed E-state index contributed by atoms with van der Waals surface area (Å²) in [7, 11) is 0. The van der Waals surface area contributed by atoms with Gasteiger partial charge in [-0.15, -0.1) is 0 Å². The van der Waals surface area contributed by atoms with Crippen molar-refractivity contribution in [2.75, 3.05) is 13.2 Å². The molecule has 1 aliphatic carbocycles. The Hall–Kier alpha value is -1.22. The highest BCUT2D eigenvalue weighted by Crippen LogP contribution is 2.38. The van der Waals surface area contributed by atoms with Crippen molar-refractivity contribution in [2.24, 2.45) is 5.73 Å². The van der Waals surface area contributed by atoms with Crippen molar-refractivity contribution in [3.05, 3.63) is 23.8 Å². The Kier molecular flexibility index (Phi) is 5.30. The number of hydrogen-bond donors (Lipinski definition) is 1. The fraction of sp³-hybridized carbons (Fsp3) is 0.647. The fourth-order valence-corrected chi connectivity index (χ4v) is 3.01. The van der Waals surface area contributed by atoms with Gasteiger partial charge < -0.3 is 15.2 Å². The van der Waals surface area contributed by atoms with Crippen LogP contribution in [0.2, 0.25) is 0 Å². The second-order valence-corrected chi connectivity index (χ2v) is 5.60. The summed E-state index contributed by atoms with van der Waals surface area (Å²) in [5.41, 5.74) is 7.66. The Morgan fingerprint density at radius 3 is 2.15 bits per heavy atom. The smallest absolute Gasteiger partial charge is 0.161 e. The molecule has 112 valence electrons. The average Bonchev–Trinajstić information content (AvgIpc) is 2.67. The molecule has 3 nitrogen and oxygen atoms in total. The zero-order valence-electron chi connectivity index (χ0n) is 12.8. The molecule has 0 aliphatic heterocycles. The first kappa shape index (κ1) is 15.2. The van der Waals surface area contributed by atoms with E-state index in [0.29, 0.717) is 13.2 Å². The van der Waals surface area contributed by atoms with Crippen LogP contribution in [0.3, 0.4) is 0 Å². The summed E-state index contributed by atoms with van der Waals surface area (Å²) in [6.07, 6.45) is 7.16. The van der Waals surface area contributed by atoms with Crippen molar-refractivity contribution in [1.82, 2.24) is 0 Å². The van der Waals surface area contributed by atoms with Crippen LogP contribution in [0.4, 0.5) is 0 Å². The minimum absolute atomic E-state index is 0.201. The van der Waals surface area contributed by atoms with Crippen LogP contribution in [0.25, 0.3) is 0 Å². The molecule has 0 spiro atoms. The van der Waals surface area contributed by atoms with Crippen molar-refractivity contribution in [3.8, 4) is 11.5 Å². The fourth-order valence-electron chi connectivity index (χ4n) is 3.01. The van der Waals surface area contributed by atoms with E-state index in [1.807, 2.05) is 19.9 Å². The van der Waals surface area contributed by atoms with Gasteiger partial charge in [0.05, 0.1) is 13.2 Å². The lowest BCUT2D eigenvalue weighted by Gasteiger charge is -2.29. The number of rotatable bonds is 5. The normalized spacial score (nSPS) is 18.4. The molecule has 2 rings (SSSR count). The third-order valence-corrected chi connectivity index (χ3v) is 4.11. The quantitative estimate of drug-likeness (QED) is 0.828. The average molecular weight is 277 g/mol. The Labute approximate surface area is 122 Å². The van der Waals surface area contributed by atoms with Gasteiger partial charge in [0.15, 0.2) is 11.5 Å². The predicted octanol–water partition coefficient (Wildman–Crippen LogP) is 3.99. The minimum atomic E-state index is -0.201. The van der Waals surface area contributed by atoms with Crippen molar-refractivity contribution in [3.63, 3.8) is 0 Å². The highest BCUT2D eigenvalue weighted by atomic mass is 16.5. The standard InChI is InChI=1S/C17H27NO2/c1-3-19-15-10-9-14(13-16(15)20-4-2)17(18)11-7-5-6-8-12-17/h9-10,13H,3-8,11-12,18H2,1-2H3. The summed E-state index contributed by atoms with van der Waals surface area (Å²) in [5.74, 6) is 1.64. The van der Waals surface area contributed by atoms with E-state index in [1.54, 1.807) is 0 Å². The first-order valence-electron chi connectivity index (χ1n) is 7.88. The third kappa shape index (κ3) is 3.45. The SMILES string of the molecule is CCOc1ccc(C2(N)CCCCCC2)cc1OCC. The van der Waals surface area contributed by atoms with Crippen molar-refractivity contribution >= 4 is 0 Å². The number of benzene rings is 1. The van der Waals surface area contributed by atoms with Crippen LogP contribution in [-0.4, -0.2) is 13.2 Å². The van der Waals surface area contributed by atoms with Gasteiger partial charge in [-0.25, -0.2) is 0 Å². The van der Waals surface area contributed by atoms with Crippen LogP contribution in [0.15, 0.2) is 18.2 Å². The number of hydrogen-bond acceptors (Lipinski definition) is 3. The van der Waals surface area contributed by atoms with E-state index >= 15 is 0 Å². The molecule has 1 aromatic carbocycles. The number of nitrogens with two attached hydrogens (primary N) is 1. The van der Waals surface area contributed by atoms with Crippen LogP contribution >= 0.6 is 0 Å². The lowest BCUT2D eigenvalue weighted by molar-refractivity contribution is 0.285. The monoisotopic (exact) mass is 277 g/mol. The lowest BCUT2D eigenvalue weighted by atomic mass is 9.84. The Morgan fingerprint density at radius 1 is 0.950 bits per heavy atom. The van der Waals surface area contributed by atoms with Crippen LogP contribution in [0, 0.1) is 0 Å². The van der Waals surface area contributed by atoms with E-state index in [4.69, 9.17) is 15.2 Å². The van der Waals surface area contributed by atoms with Crippen LogP contribution < -0.4 is 15.2 Å². The molecule has 1 saturated carbocycles. The van der Waals surface area contributed by atoms with Gasteiger partial charge in [-0.3, -0.25) is 0 Å².